The molecular weight excluding hydrogens is 397 g/mol. The normalized spacial score (nSPS) is 11.5. The van der Waals surface area contributed by atoms with Gasteiger partial charge in [-0.3, -0.25) is 0 Å². The quantitative estimate of drug-likeness (QED) is 0.209. The van der Waals surface area contributed by atoms with Gasteiger partial charge < -0.3 is 33.6 Å². The van der Waals surface area contributed by atoms with E-state index in [0.717, 1.165) is 17.3 Å². The third-order valence-electron chi connectivity index (χ3n) is 4.79. The molecule has 0 amide bonds. The summed E-state index contributed by atoms with van der Waals surface area (Å²) in [6.07, 6.45) is 19.2. The maximum atomic E-state index is 8.84. The van der Waals surface area contributed by atoms with Gasteiger partial charge in [0.1, 0.15) is 0 Å². The van der Waals surface area contributed by atoms with Gasteiger partial charge in [-0.2, -0.15) is 0 Å². The molecule has 0 aromatic carbocycles. The van der Waals surface area contributed by atoms with Gasteiger partial charge in [0.2, 0.25) is 0 Å². The van der Waals surface area contributed by atoms with Crippen LogP contribution < -0.4 is 24.0 Å². The van der Waals surface area contributed by atoms with E-state index < -0.39 is 0 Å². The molecule has 0 heterocycles. The summed E-state index contributed by atoms with van der Waals surface area (Å²) in [5.74, 6) is 0. The predicted molar refractivity (Wildman–Crippen MR) is 99.2 cm³/mol. The molecule has 0 aliphatic heterocycles. The van der Waals surface area contributed by atoms with Crippen molar-refractivity contribution in [3.8, 4) is 0 Å². The summed E-state index contributed by atoms with van der Waals surface area (Å²) in [5, 5.41) is 8.84. The summed E-state index contributed by atoms with van der Waals surface area (Å²) >= 11 is 0. The van der Waals surface area contributed by atoms with E-state index in [2.05, 4.69) is 21.0 Å². The Morgan fingerprint density at radius 3 is 1.30 bits per heavy atom. The molecular formula is C20H44INO. The zero-order valence-electron chi connectivity index (χ0n) is 16.3. The largest absolute Gasteiger partial charge is 1.00 e. The molecule has 0 radical (unpaired) electrons. The van der Waals surface area contributed by atoms with Crippen molar-refractivity contribution >= 4 is 0 Å². The zero-order chi connectivity index (χ0) is 16.5. The van der Waals surface area contributed by atoms with E-state index in [-0.39, 0.29) is 24.0 Å². The highest BCUT2D eigenvalue weighted by atomic mass is 127. The van der Waals surface area contributed by atoms with Gasteiger partial charge in [0.15, 0.2) is 0 Å². The van der Waals surface area contributed by atoms with Crippen molar-refractivity contribution in [2.75, 3.05) is 33.8 Å². The first-order valence-corrected chi connectivity index (χ1v) is 10.1. The van der Waals surface area contributed by atoms with Crippen molar-refractivity contribution < 1.29 is 33.6 Å². The van der Waals surface area contributed by atoms with Crippen LogP contribution in [0.4, 0.5) is 0 Å². The lowest BCUT2D eigenvalue weighted by atomic mass is 10.1. The smallest absolute Gasteiger partial charge is 0.0783 e. The number of hydrogen-bond donors (Lipinski definition) is 1. The van der Waals surface area contributed by atoms with E-state index >= 15 is 0 Å². The Labute approximate surface area is 164 Å². The van der Waals surface area contributed by atoms with Gasteiger partial charge >= 0.3 is 0 Å². The van der Waals surface area contributed by atoms with Gasteiger partial charge in [-0.25, -0.2) is 0 Å². The second kappa shape index (κ2) is 19.0. The molecule has 0 atom stereocenters. The topological polar surface area (TPSA) is 20.2 Å². The fourth-order valence-corrected chi connectivity index (χ4v) is 3.14. The Hall–Kier alpha value is 0.650. The molecule has 0 aliphatic carbocycles. The SMILES string of the molecule is CCCCCCCCCCCCCC[N+](C)(C)CCCCO.[I-]. The van der Waals surface area contributed by atoms with Crippen molar-refractivity contribution in [1.29, 1.82) is 0 Å². The van der Waals surface area contributed by atoms with Crippen LogP contribution in [0.25, 0.3) is 0 Å². The summed E-state index contributed by atoms with van der Waals surface area (Å²) < 4.78 is 1.12. The van der Waals surface area contributed by atoms with Gasteiger partial charge in [0.05, 0.1) is 27.2 Å². The van der Waals surface area contributed by atoms with Crippen molar-refractivity contribution in [2.24, 2.45) is 0 Å². The fourth-order valence-electron chi connectivity index (χ4n) is 3.14. The van der Waals surface area contributed by atoms with Gasteiger partial charge in [-0.15, -0.1) is 0 Å². The van der Waals surface area contributed by atoms with Crippen LogP contribution in [-0.4, -0.2) is 43.4 Å². The highest BCUT2D eigenvalue weighted by Gasteiger charge is 2.13. The van der Waals surface area contributed by atoms with E-state index in [1.165, 1.54) is 90.1 Å². The number of aliphatic hydroxyl groups excluding tert-OH is 1. The standard InChI is InChI=1S/C20H44NO.HI/c1-4-5-6-7-8-9-10-11-12-13-14-15-18-21(2,3)19-16-17-20-22;/h22H,4-20H2,1-3H3;1H/q+1;/p-1. The van der Waals surface area contributed by atoms with Crippen LogP contribution in [0.15, 0.2) is 0 Å². The lowest BCUT2D eigenvalue weighted by Crippen LogP contribution is -3.00. The minimum absolute atomic E-state index is 0. The maximum absolute atomic E-state index is 8.84. The van der Waals surface area contributed by atoms with Crippen LogP contribution in [-0.2, 0) is 0 Å². The molecule has 0 aromatic heterocycles. The van der Waals surface area contributed by atoms with Crippen LogP contribution in [0.3, 0.4) is 0 Å². The zero-order valence-corrected chi connectivity index (χ0v) is 18.5. The summed E-state index contributed by atoms with van der Waals surface area (Å²) in [7, 11) is 4.66. The van der Waals surface area contributed by atoms with Crippen LogP contribution in [0.1, 0.15) is 96.8 Å². The highest BCUT2D eigenvalue weighted by molar-refractivity contribution is 4.49. The Morgan fingerprint density at radius 1 is 0.565 bits per heavy atom. The Morgan fingerprint density at radius 2 is 0.913 bits per heavy atom. The third-order valence-corrected chi connectivity index (χ3v) is 4.79. The Bertz CT molecular complexity index is 222. The van der Waals surface area contributed by atoms with Gasteiger partial charge in [0.25, 0.3) is 0 Å². The number of nitrogens with zero attached hydrogens (tertiary/aromatic N) is 1. The molecule has 1 N–H and O–H groups in total. The Kier molecular flexibility index (Phi) is 21.4. The molecule has 0 aliphatic rings. The molecule has 0 rings (SSSR count). The van der Waals surface area contributed by atoms with Crippen molar-refractivity contribution in [3.63, 3.8) is 0 Å². The molecule has 0 bridgehead atoms. The molecule has 2 nitrogen and oxygen atoms in total. The minimum Gasteiger partial charge on any atom is -1.00 e. The predicted octanol–water partition coefficient (Wildman–Crippen LogP) is 2.54. The first-order valence-electron chi connectivity index (χ1n) is 10.1. The third kappa shape index (κ3) is 20.6. The number of hydrogen-bond acceptors (Lipinski definition) is 1. The number of rotatable bonds is 17. The molecule has 142 valence electrons. The number of aliphatic hydroxyl groups is 1. The van der Waals surface area contributed by atoms with E-state index in [1.54, 1.807) is 0 Å². The van der Waals surface area contributed by atoms with Crippen molar-refractivity contribution in [1.82, 2.24) is 0 Å². The first kappa shape index (κ1) is 25.9. The van der Waals surface area contributed by atoms with E-state index in [1.807, 2.05) is 0 Å². The van der Waals surface area contributed by atoms with Crippen LogP contribution in [0, 0.1) is 0 Å². The number of halogens is 1. The second-order valence-electron chi connectivity index (χ2n) is 7.70. The average Bonchev–Trinajstić information content (AvgIpc) is 2.48. The summed E-state index contributed by atoms with van der Waals surface area (Å²) in [4.78, 5) is 0. The highest BCUT2D eigenvalue weighted by Crippen LogP contribution is 2.13. The lowest BCUT2D eigenvalue weighted by Gasteiger charge is -2.29. The van der Waals surface area contributed by atoms with Crippen LogP contribution in [0.2, 0.25) is 0 Å². The van der Waals surface area contributed by atoms with Crippen molar-refractivity contribution in [2.45, 2.75) is 96.8 Å². The van der Waals surface area contributed by atoms with Crippen LogP contribution in [0.5, 0.6) is 0 Å². The lowest BCUT2D eigenvalue weighted by molar-refractivity contribution is -0.890. The second-order valence-corrected chi connectivity index (χ2v) is 7.70. The fraction of sp³-hybridized carbons (Fsp3) is 1.00. The molecule has 0 unspecified atom stereocenters. The number of quaternary nitrogens is 1. The van der Waals surface area contributed by atoms with E-state index in [9.17, 15) is 0 Å². The maximum Gasteiger partial charge on any atom is 0.0783 e. The van der Waals surface area contributed by atoms with E-state index in [0.29, 0.717) is 6.61 Å². The van der Waals surface area contributed by atoms with Gasteiger partial charge in [-0.1, -0.05) is 71.1 Å². The summed E-state index contributed by atoms with van der Waals surface area (Å²) in [6.45, 7) is 5.13. The minimum atomic E-state index is 0. The molecule has 0 spiro atoms. The monoisotopic (exact) mass is 441 g/mol. The molecule has 23 heavy (non-hydrogen) atoms. The Balaban J connectivity index is 0. The van der Waals surface area contributed by atoms with Crippen LogP contribution >= 0.6 is 0 Å². The van der Waals surface area contributed by atoms with Gasteiger partial charge in [0, 0.05) is 6.61 Å². The molecule has 0 saturated heterocycles. The summed E-state index contributed by atoms with van der Waals surface area (Å²) in [5.41, 5.74) is 0. The van der Waals surface area contributed by atoms with Crippen molar-refractivity contribution in [3.05, 3.63) is 0 Å². The molecule has 0 fully saturated rings. The first-order chi connectivity index (χ1) is 10.6. The summed E-state index contributed by atoms with van der Waals surface area (Å²) in [6, 6.07) is 0. The number of unbranched alkanes of at least 4 members (excludes halogenated alkanes) is 12. The van der Waals surface area contributed by atoms with E-state index in [4.69, 9.17) is 5.11 Å². The molecule has 0 aromatic rings. The molecule has 0 saturated carbocycles. The average molecular weight is 441 g/mol. The van der Waals surface area contributed by atoms with Gasteiger partial charge in [-0.05, 0) is 25.7 Å². The molecule has 3 heteroatoms.